The minimum absolute atomic E-state index is 0.0223. The van der Waals surface area contributed by atoms with E-state index in [2.05, 4.69) is 56.5 Å². The van der Waals surface area contributed by atoms with Crippen LogP contribution < -0.4 is 5.32 Å². The average molecular weight is 275 g/mol. The van der Waals surface area contributed by atoms with Gasteiger partial charge in [0, 0.05) is 12.6 Å². The van der Waals surface area contributed by atoms with Crippen molar-refractivity contribution >= 4 is 5.91 Å². The minimum Gasteiger partial charge on any atom is -0.352 e. The van der Waals surface area contributed by atoms with Crippen LogP contribution in [0, 0.1) is 5.92 Å². The second kappa shape index (κ2) is 13.9. The third kappa shape index (κ3) is 14.5. The topological polar surface area (TPSA) is 29.1 Å². The number of unbranched alkanes of at least 4 members (excludes halogenated alkanes) is 1. The summed E-state index contributed by atoms with van der Waals surface area (Å²) < 4.78 is 0. The van der Waals surface area contributed by atoms with Crippen LogP contribution >= 0.6 is 0 Å². The second-order valence-corrected chi connectivity index (χ2v) is 5.09. The van der Waals surface area contributed by atoms with Gasteiger partial charge in [0.05, 0.1) is 0 Å². The average Bonchev–Trinajstić information content (AvgIpc) is 2.42. The van der Waals surface area contributed by atoms with Crippen LogP contribution in [0.4, 0.5) is 0 Å². The number of nitrogens with one attached hydrogen (secondary N) is 1. The molecule has 20 heavy (non-hydrogen) atoms. The molecule has 0 fully saturated rings. The fourth-order valence-electron chi connectivity index (χ4n) is 1.43. The zero-order valence-electron chi connectivity index (χ0n) is 13.1. The zero-order valence-corrected chi connectivity index (χ0v) is 13.1. The summed E-state index contributed by atoms with van der Waals surface area (Å²) in [6.07, 6.45) is 20.3. The highest BCUT2D eigenvalue weighted by atomic mass is 16.1. The number of allylic oxidation sites excluding steroid dienone is 7. The Morgan fingerprint density at radius 3 is 2.40 bits per heavy atom. The molecule has 0 aromatic heterocycles. The third-order valence-corrected chi connectivity index (χ3v) is 2.52. The lowest BCUT2D eigenvalue weighted by Crippen LogP contribution is -2.25. The number of amides is 1. The van der Waals surface area contributed by atoms with Gasteiger partial charge in [-0.15, -0.1) is 0 Å². The van der Waals surface area contributed by atoms with Crippen LogP contribution in [-0.4, -0.2) is 12.5 Å². The Kier molecular flexibility index (Phi) is 12.8. The molecule has 0 aliphatic heterocycles. The summed E-state index contributed by atoms with van der Waals surface area (Å²) in [5.74, 6) is 0.466. The van der Waals surface area contributed by atoms with Crippen LogP contribution in [0.15, 0.2) is 48.6 Å². The van der Waals surface area contributed by atoms with E-state index >= 15 is 0 Å². The smallest absolute Gasteiger partial charge is 0.243 e. The Morgan fingerprint density at radius 2 is 1.70 bits per heavy atom. The number of hydrogen-bond acceptors (Lipinski definition) is 1. The van der Waals surface area contributed by atoms with Crippen molar-refractivity contribution < 1.29 is 4.79 Å². The Hall–Kier alpha value is -1.57. The van der Waals surface area contributed by atoms with E-state index in [0.717, 1.165) is 32.2 Å². The van der Waals surface area contributed by atoms with Gasteiger partial charge in [-0.25, -0.2) is 0 Å². The first kappa shape index (κ1) is 18.4. The van der Waals surface area contributed by atoms with Gasteiger partial charge in [0.2, 0.25) is 5.91 Å². The van der Waals surface area contributed by atoms with Crippen molar-refractivity contribution in [2.24, 2.45) is 5.92 Å². The predicted molar refractivity (Wildman–Crippen MR) is 88.5 cm³/mol. The first-order chi connectivity index (χ1) is 9.66. The maximum absolute atomic E-state index is 11.4. The Labute approximate surface area is 124 Å². The van der Waals surface area contributed by atoms with E-state index in [-0.39, 0.29) is 5.91 Å². The minimum atomic E-state index is -0.0223. The van der Waals surface area contributed by atoms with E-state index < -0.39 is 0 Å². The molecular formula is C18H29NO. The van der Waals surface area contributed by atoms with Crippen LogP contribution in [-0.2, 0) is 4.79 Å². The molecule has 0 aromatic rings. The maximum Gasteiger partial charge on any atom is 0.243 e. The molecule has 0 aromatic carbocycles. The van der Waals surface area contributed by atoms with Crippen molar-refractivity contribution in [2.45, 2.75) is 46.5 Å². The normalized spacial score (nSPS) is 12.6. The summed E-state index contributed by atoms with van der Waals surface area (Å²) in [7, 11) is 0. The highest BCUT2D eigenvalue weighted by Gasteiger charge is 1.95. The van der Waals surface area contributed by atoms with Crippen LogP contribution in [0.5, 0.6) is 0 Å². The highest BCUT2D eigenvalue weighted by molar-refractivity contribution is 5.87. The number of hydrogen-bond donors (Lipinski definition) is 1. The van der Waals surface area contributed by atoms with Gasteiger partial charge < -0.3 is 5.32 Å². The molecule has 2 heteroatoms. The molecular weight excluding hydrogens is 246 g/mol. The van der Waals surface area contributed by atoms with E-state index in [1.54, 1.807) is 12.2 Å². The van der Waals surface area contributed by atoms with E-state index in [0.29, 0.717) is 5.92 Å². The monoisotopic (exact) mass is 275 g/mol. The van der Waals surface area contributed by atoms with Crippen molar-refractivity contribution in [3.63, 3.8) is 0 Å². The van der Waals surface area contributed by atoms with Gasteiger partial charge in [-0.2, -0.15) is 0 Å². The van der Waals surface area contributed by atoms with Crippen LogP contribution in [0.25, 0.3) is 0 Å². The Bertz CT molecular complexity index is 348. The van der Waals surface area contributed by atoms with Crippen molar-refractivity contribution in [1.29, 1.82) is 0 Å². The Balaban J connectivity index is 3.60. The summed E-state index contributed by atoms with van der Waals surface area (Å²) in [5.41, 5.74) is 0. The van der Waals surface area contributed by atoms with E-state index in [9.17, 15) is 4.79 Å². The van der Waals surface area contributed by atoms with Crippen molar-refractivity contribution in [1.82, 2.24) is 5.32 Å². The lowest BCUT2D eigenvalue weighted by Gasteiger charge is -2.03. The van der Waals surface area contributed by atoms with Gasteiger partial charge in [-0.1, -0.05) is 63.3 Å². The fourth-order valence-corrected chi connectivity index (χ4v) is 1.43. The Morgan fingerprint density at radius 1 is 1.00 bits per heavy atom. The summed E-state index contributed by atoms with van der Waals surface area (Å²) in [6, 6.07) is 0. The van der Waals surface area contributed by atoms with Crippen molar-refractivity contribution in [3.8, 4) is 0 Å². The standard InChI is InChI=1S/C18H29NO/c1-4-5-6-7-8-9-10-11-12-13-14-15-18(20)19-16-17(2)3/h5-6,8-9,12-15,17H,4,7,10-11,16H2,1-3H3,(H,19,20)/b6-5-,9-8-,13-12+,15-14+. The quantitative estimate of drug-likeness (QED) is 0.269. The van der Waals surface area contributed by atoms with Crippen LogP contribution in [0.2, 0.25) is 0 Å². The molecule has 0 aliphatic rings. The molecule has 0 heterocycles. The zero-order chi connectivity index (χ0) is 15.1. The maximum atomic E-state index is 11.4. The summed E-state index contributed by atoms with van der Waals surface area (Å²) in [4.78, 5) is 11.4. The first-order valence-corrected chi connectivity index (χ1v) is 7.57. The molecule has 1 N–H and O–H groups in total. The molecule has 0 bridgehead atoms. The molecule has 112 valence electrons. The predicted octanol–water partition coefficient (Wildman–Crippen LogP) is 4.56. The second-order valence-electron chi connectivity index (χ2n) is 5.09. The molecule has 0 spiro atoms. The van der Waals surface area contributed by atoms with Gasteiger partial charge in [0.15, 0.2) is 0 Å². The molecule has 0 atom stereocenters. The molecule has 0 radical (unpaired) electrons. The summed E-state index contributed by atoms with van der Waals surface area (Å²) in [5, 5.41) is 2.84. The number of carbonyl (C=O) groups excluding carboxylic acids is 1. The fraction of sp³-hybridized carbons (Fsp3) is 0.500. The molecule has 0 saturated heterocycles. The lowest BCUT2D eigenvalue weighted by atomic mass is 10.2. The summed E-state index contributed by atoms with van der Waals surface area (Å²) in [6.45, 7) is 7.02. The first-order valence-electron chi connectivity index (χ1n) is 7.57. The molecule has 0 rings (SSSR count). The van der Waals surface area contributed by atoms with Crippen LogP contribution in [0.1, 0.15) is 46.5 Å². The van der Waals surface area contributed by atoms with Gasteiger partial charge in [-0.05, 0) is 31.6 Å². The molecule has 2 nitrogen and oxygen atoms in total. The van der Waals surface area contributed by atoms with E-state index in [4.69, 9.17) is 0 Å². The molecule has 1 amide bonds. The SMILES string of the molecule is CC/C=C\C/C=C\CC/C=C/C=C/C(=O)NCC(C)C. The van der Waals surface area contributed by atoms with Gasteiger partial charge >= 0.3 is 0 Å². The lowest BCUT2D eigenvalue weighted by molar-refractivity contribution is -0.116. The number of carbonyl (C=O) groups is 1. The third-order valence-electron chi connectivity index (χ3n) is 2.52. The van der Waals surface area contributed by atoms with Crippen molar-refractivity contribution in [3.05, 3.63) is 48.6 Å². The largest absolute Gasteiger partial charge is 0.352 e. The van der Waals surface area contributed by atoms with E-state index in [1.807, 2.05) is 6.08 Å². The van der Waals surface area contributed by atoms with Crippen molar-refractivity contribution in [2.75, 3.05) is 6.54 Å². The molecule has 0 unspecified atom stereocenters. The van der Waals surface area contributed by atoms with E-state index in [1.165, 1.54) is 0 Å². The van der Waals surface area contributed by atoms with Gasteiger partial charge in [0.25, 0.3) is 0 Å². The van der Waals surface area contributed by atoms with Gasteiger partial charge in [0.1, 0.15) is 0 Å². The van der Waals surface area contributed by atoms with Crippen LogP contribution in [0.3, 0.4) is 0 Å². The molecule has 0 aliphatic carbocycles. The highest BCUT2D eigenvalue weighted by Crippen LogP contribution is 1.96. The summed E-state index contributed by atoms with van der Waals surface area (Å²) >= 11 is 0. The van der Waals surface area contributed by atoms with Gasteiger partial charge in [-0.3, -0.25) is 4.79 Å². The number of rotatable bonds is 10. The molecule has 0 saturated carbocycles.